The highest BCUT2D eigenvalue weighted by Crippen LogP contribution is 2.08. The van der Waals surface area contributed by atoms with E-state index >= 15 is 0 Å². The van der Waals surface area contributed by atoms with Crippen LogP contribution in [0.5, 0.6) is 0 Å². The Labute approximate surface area is 61.8 Å². The second-order valence-electron chi connectivity index (χ2n) is 2.53. The molecule has 1 rings (SSSR count). The fraction of sp³-hybridized carbons (Fsp3) is 0.750. The average Bonchev–Trinajstić information content (AvgIpc) is 1.80. The minimum absolute atomic E-state index is 0.235. The molecule has 0 aromatic heterocycles. The van der Waals surface area contributed by atoms with Crippen LogP contribution in [0.2, 0.25) is 0 Å². The van der Waals surface area contributed by atoms with E-state index in [4.69, 9.17) is 9.47 Å². The fourth-order valence-electron chi connectivity index (χ4n) is 0.913. The lowest BCUT2D eigenvalue weighted by Crippen LogP contribution is -2.38. The van der Waals surface area contributed by atoms with Gasteiger partial charge in [0.25, 0.3) is 0 Å². The first-order valence-electron chi connectivity index (χ1n) is 3.69. The third-order valence-corrected chi connectivity index (χ3v) is 1.48. The quantitative estimate of drug-likeness (QED) is 0.554. The van der Waals surface area contributed by atoms with E-state index in [0.717, 1.165) is 13.2 Å². The predicted molar refractivity (Wildman–Crippen MR) is 40.0 cm³/mol. The lowest BCUT2D eigenvalue weighted by atomic mass is 10.3. The first kappa shape index (κ1) is 7.76. The molecule has 0 amide bonds. The Hall–Kier alpha value is -0.340. The zero-order valence-corrected chi connectivity index (χ0v) is 6.54. The Balaban J connectivity index is 2.10. The summed E-state index contributed by atoms with van der Waals surface area (Å²) in [5, 5.41) is 0. The summed E-state index contributed by atoms with van der Waals surface area (Å²) in [5.74, 6) is 0. The van der Waals surface area contributed by atoms with E-state index in [1.54, 1.807) is 0 Å². The summed E-state index contributed by atoms with van der Waals surface area (Å²) in [6.45, 7) is 5.57. The van der Waals surface area contributed by atoms with Crippen LogP contribution in [0.25, 0.3) is 0 Å². The Bertz CT molecular complexity index is 116. The lowest BCUT2D eigenvalue weighted by molar-refractivity contribution is -0.141. The molecule has 0 bridgehead atoms. The van der Waals surface area contributed by atoms with Gasteiger partial charge in [0, 0.05) is 0 Å². The number of hydrogen-bond donors (Lipinski definition) is 0. The highest BCUT2D eigenvalue weighted by Gasteiger charge is 2.19. The highest BCUT2D eigenvalue weighted by atomic mass is 16.6. The van der Waals surface area contributed by atoms with Gasteiger partial charge in [0.05, 0.1) is 19.3 Å². The van der Waals surface area contributed by atoms with E-state index in [-0.39, 0.29) is 6.10 Å². The Morgan fingerprint density at radius 3 is 2.70 bits per heavy atom. The van der Waals surface area contributed by atoms with Crippen LogP contribution in [0, 0.1) is 0 Å². The molecule has 1 aliphatic rings. The molecule has 1 aliphatic heterocycles. The summed E-state index contributed by atoms with van der Waals surface area (Å²) in [6, 6.07) is 0. The highest BCUT2D eigenvalue weighted by molar-refractivity contribution is 4.85. The van der Waals surface area contributed by atoms with E-state index in [1.807, 2.05) is 26.0 Å². The summed E-state index contributed by atoms with van der Waals surface area (Å²) in [5.41, 5.74) is 0. The smallest absolute Gasteiger partial charge is 0.105 e. The molecule has 1 unspecified atom stereocenters. The Morgan fingerprint density at radius 1 is 1.60 bits per heavy atom. The van der Waals surface area contributed by atoms with Crippen molar-refractivity contribution < 1.29 is 9.47 Å². The van der Waals surface area contributed by atoms with Crippen molar-refractivity contribution in [3.05, 3.63) is 12.2 Å². The second-order valence-corrected chi connectivity index (χ2v) is 2.53. The van der Waals surface area contributed by atoms with Gasteiger partial charge in [-0.3, -0.25) is 0 Å². The van der Waals surface area contributed by atoms with E-state index < -0.39 is 0 Å². The molecule has 0 aromatic rings. The SMILES string of the molecule is CC=CC(C)OC1COC1. The summed E-state index contributed by atoms with van der Waals surface area (Å²) >= 11 is 0. The van der Waals surface area contributed by atoms with Gasteiger partial charge < -0.3 is 9.47 Å². The van der Waals surface area contributed by atoms with Gasteiger partial charge in [0.2, 0.25) is 0 Å². The van der Waals surface area contributed by atoms with Gasteiger partial charge >= 0.3 is 0 Å². The molecule has 2 heteroatoms. The zero-order chi connectivity index (χ0) is 7.40. The maximum atomic E-state index is 5.51. The minimum atomic E-state index is 0.235. The number of rotatable bonds is 3. The summed E-state index contributed by atoms with van der Waals surface area (Å²) in [7, 11) is 0. The molecule has 1 atom stereocenters. The van der Waals surface area contributed by atoms with Crippen molar-refractivity contribution in [1.29, 1.82) is 0 Å². The molecule has 10 heavy (non-hydrogen) atoms. The minimum Gasteiger partial charge on any atom is -0.376 e. The van der Waals surface area contributed by atoms with Crippen molar-refractivity contribution in [1.82, 2.24) is 0 Å². The molecule has 1 heterocycles. The topological polar surface area (TPSA) is 18.5 Å². The number of allylic oxidation sites excluding steroid dienone is 1. The molecule has 0 spiro atoms. The van der Waals surface area contributed by atoms with Gasteiger partial charge in [-0.15, -0.1) is 0 Å². The largest absolute Gasteiger partial charge is 0.376 e. The summed E-state index contributed by atoms with van der Waals surface area (Å²) < 4.78 is 10.5. The Morgan fingerprint density at radius 2 is 2.30 bits per heavy atom. The normalized spacial score (nSPS) is 23.0. The van der Waals surface area contributed by atoms with Gasteiger partial charge in [-0.2, -0.15) is 0 Å². The van der Waals surface area contributed by atoms with E-state index in [2.05, 4.69) is 0 Å². The molecule has 0 aromatic carbocycles. The first-order chi connectivity index (χ1) is 4.83. The lowest BCUT2D eigenvalue weighted by Gasteiger charge is -2.28. The van der Waals surface area contributed by atoms with Crippen LogP contribution in [0.15, 0.2) is 12.2 Å². The summed E-state index contributed by atoms with van der Waals surface area (Å²) in [6.07, 6.45) is 4.62. The molecule has 0 N–H and O–H groups in total. The molecule has 1 fully saturated rings. The molecule has 1 saturated heterocycles. The standard InChI is InChI=1S/C8H14O2/c1-3-4-7(2)10-8-5-9-6-8/h3-4,7-8H,5-6H2,1-2H3. The van der Waals surface area contributed by atoms with Crippen LogP contribution >= 0.6 is 0 Å². The Kier molecular flexibility index (Phi) is 2.90. The van der Waals surface area contributed by atoms with E-state index in [0.29, 0.717) is 6.10 Å². The van der Waals surface area contributed by atoms with Crippen LogP contribution in [-0.2, 0) is 9.47 Å². The molecular formula is C8H14O2. The first-order valence-corrected chi connectivity index (χ1v) is 3.69. The van der Waals surface area contributed by atoms with E-state index in [9.17, 15) is 0 Å². The third-order valence-electron chi connectivity index (χ3n) is 1.48. The number of ether oxygens (including phenoxy) is 2. The van der Waals surface area contributed by atoms with Gasteiger partial charge in [-0.25, -0.2) is 0 Å². The van der Waals surface area contributed by atoms with Crippen molar-refractivity contribution in [2.75, 3.05) is 13.2 Å². The maximum Gasteiger partial charge on any atom is 0.105 e. The van der Waals surface area contributed by atoms with Crippen LogP contribution in [0.1, 0.15) is 13.8 Å². The molecule has 2 nitrogen and oxygen atoms in total. The monoisotopic (exact) mass is 142 g/mol. The molecule has 0 radical (unpaired) electrons. The maximum absolute atomic E-state index is 5.51. The van der Waals surface area contributed by atoms with Crippen LogP contribution < -0.4 is 0 Å². The zero-order valence-electron chi connectivity index (χ0n) is 6.54. The summed E-state index contributed by atoms with van der Waals surface area (Å²) in [4.78, 5) is 0. The molecule has 0 aliphatic carbocycles. The van der Waals surface area contributed by atoms with Crippen molar-refractivity contribution in [3.8, 4) is 0 Å². The molecule has 0 saturated carbocycles. The van der Waals surface area contributed by atoms with Crippen molar-refractivity contribution >= 4 is 0 Å². The van der Waals surface area contributed by atoms with Crippen molar-refractivity contribution in [3.63, 3.8) is 0 Å². The second kappa shape index (κ2) is 3.74. The fourth-order valence-corrected chi connectivity index (χ4v) is 0.913. The van der Waals surface area contributed by atoms with Crippen LogP contribution in [-0.4, -0.2) is 25.4 Å². The average molecular weight is 142 g/mol. The van der Waals surface area contributed by atoms with Crippen LogP contribution in [0.4, 0.5) is 0 Å². The van der Waals surface area contributed by atoms with Crippen molar-refractivity contribution in [2.24, 2.45) is 0 Å². The number of hydrogen-bond acceptors (Lipinski definition) is 2. The molecular weight excluding hydrogens is 128 g/mol. The third kappa shape index (κ3) is 2.12. The van der Waals surface area contributed by atoms with E-state index in [1.165, 1.54) is 0 Å². The van der Waals surface area contributed by atoms with Crippen LogP contribution in [0.3, 0.4) is 0 Å². The van der Waals surface area contributed by atoms with Gasteiger partial charge in [0.15, 0.2) is 0 Å². The van der Waals surface area contributed by atoms with Gasteiger partial charge in [-0.1, -0.05) is 12.2 Å². The van der Waals surface area contributed by atoms with Gasteiger partial charge in [-0.05, 0) is 13.8 Å². The molecule has 58 valence electrons. The van der Waals surface area contributed by atoms with Gasteiger partial charge in [0.1, 0.15) is 6.10 Å². The van der Waals surface area contributed by atoms with Crippen molar-refractivity contribution in [2.45, 2.75) is 26.1 Å². The predicted octanol–water partition coefficient (Wildman–Crippen LogP) is 1.37.